The molecule has 1 spiro atoms. The van der Waals surface area contributed by atoms with Gasteiger partial charge >= 0.3 is 6.09 Å². The number of allylic oxidation sites excluding steroid dienone is 1. The fraction of sp³-hybridized carbons (Fsp3) is 0.732. The topological polar surface area (TPSA) is 259 Å². The lowest BCUT2D eigenvalue weighted by Crippen LogP contribution is -2.57. The van der Waals surface area contributed by atoms with E-state index in [-0.39, 0.29) is 80.2 Å². The van der Waals surface area contributed by atoms with Crippen LogP contribution in [-0.2, 0) is 54.1 Å². The van der Waals surface area contributed by atoms with Gasteiger partial charge in [-0.05, 0) is 89.5 Å². The molecule has 7 amide bonds. The number of nitrogens with zero attached hydrogens (tertiary/aromatic N) is 1. The lowest BCUT2D eigenvalue weighted by atomic mass is 9.64. The van der Waals surface area contributed by atoms with Crippen molar-refractivity contribution in [2.45, 2.75) is 176 Å². The maximum Gasteiger partial charge on any atom is 0.409 e. The minimum absolute atomic E-state index is 0.0105. The summed E-state index contributed by atoms with van der Waals surface area (Å²) in [4.78, 5) is 96.8. The molecule has 19 nitrogen and oxygen atoms in total. The Morgan fingerprint density at radius 1 is 0.867 bits per heavy atom. The van der Waals surface area contributed by atoms with Crippen molar-refractivity contribution in [1.82, 2.24) is 36.8 Å². The molecule has 0 aromatic heterocycles. The number of benzene rings is 1. The van der Waals surface area contributed by atoms with Crippen LogP contribution >= 0.6 is 0 Å². The first-order valence-electron chi connectivity index (χ1n) is 26.9. The zero-order valence-corrected chi connectivity index (χ0v) is 47.3. The number of epoxide rings is 2. The Balaban J connectivity index is 1.32. The highest BCUT2D eigenvalue weighted by Crippen LogP contribution is 2.59. The molecule has 11 atom stereocenters. The van der Waals surface area contributed by atoms with Gasteiger partial charge in [0.1, 0.15) is 35.5 Å². The van der Waals surface area contributed by atoms with Gasteiger partial charge in [-0.1, -0.05) is 97.4 Å². The molecule has 422 valence electrons. The number of methoxy groups -OCH3 is 1. The molecule has 2 saturated heterocycles. The molecule has 3 aliphatic rings. The number of rotatable bonds is 29. The summed E-state index contributed by atoms with van der Waals surface area (Å²) in [6.07, 6.45) is 2.87. The second-order valence-corrected chi connectivity index (χ2v) is 23.4. The van der Waals surface area contributed by atoms with Gasteiger partial charge in [0.2, 0.25) is 35.4 Å². The number of ether oxygens (including phenoxy) is 4. The van der Waals surface area contributed by atoms with E-state index in [2.05, 4.69) is 58.7 Å². The van der Waals surface area contributed by atoms with E-state index < -0.39 is 95.5 Å². The molecule has 6 unspecified atom stereocenters. The van der Waals surface area contributed by atoms with Gasteiger partial charge in [-0.3, -0.25) is 28.8 Å². The number of carbonyl (C=O) groups is 7. The Kier molecular flexibility index (Phi) is 22.7. The van der Waals surface area contributed by atoms with E-state index in [1.807, 2.05) is 54.5 Å². The number of hydrogen-bond acceptors (Lipinski definition) is 12. The molecule has 7 N–H and O–H groups in total. The van der Waals surface area contributed by atoms with Gasteiger partial charge in [-0.25, -0.2) is 4.79 Å². The van der Waals surface area contributed by atoms with Crippen molar-refractivity contribution >= 4 is 41.5 Å². The van der Waals surface area contributed by atoms with Gasteiger partial charge in [-0.2, -0.15) is 0 Å². The number of nitrogens with one attached hydrogen (secondary N) is 6. The molecule has 2 heterocycles. The first-order chi connectivity index (χ1) is 35.1. The van der Waals surface area contributed by atoms with E-state index in [0.717, 1.165) is 12.0 Å². The van der Waals surface area contributed by atoms with Crippen LogP contribution in [0.25, 0.3) is 0 Å². The van der Waals surface area contributed by atoms with Crippen LogP contribution < -0.4 is 31.9 Å². The SMILES string of the molecule is COC1C(OC(=O)N(C)CCNC(=O)CNC(=O)[C@H](CC(C)C)NC(=O)[C@H](Cc2ccccc2)NC(=O)CNC(=O)C(C)(CC(C)(CC(C)C)C(=O)NCC(C)O)C(C)C)CC[C@]2(CO2)C1[C@]1(C)O[C@@H]1CC=C(C)C. The summed E-state index contributed by atoms with van der Waals surface area (Å²) < 4.78 is 24.4. The summed E-state index contributed by atoms with van der Waals surface area (Å²) in [7, 11) is 3.19. The quantitative estimate of drug-likeness (QED) is 0.0437. The minimum Gasteiger partial charge on any atom is -0.443 e. The Morgan fingerprint density at radius 2 is 1.52 bits per heavy atom. The average Bonchev–Trinajstić information content (AvgIpc) is 4.26. The summed E-state index contributed by atoms with van der Waals surface area (Å²) in [5.41, 5.74) is -0.956. The highest BCUT2D eigenvalue weighted by molar-refractivity contribution is 5.95. The predicted octanol–water partition coefficient (Wildman–Crippen LogP) is 4.34. The zero-order valence-electron chi connectivity index (χ0n) is 47.3. The van der Waals surface area contributed by atoms with Crippen molar-refractivity contribution in [2.75, 3.05) is 53.5 Å². The average molecular weight is 1050 g/mol. The lowest BCUT2D eigenvalue weighted by molar-refractivity contribution is -0.142. The van der Waals surface area contributed by atoms with E-state index in [1.54, 1.807) is 52.3 Å². The molecule has 1 aromatic rings. The largest absolute Gasteiger partial charge is 0.443 e. The summed E-state index contributed by atoms with van der Waals surface area (Å²) >= 11 is 0. The third-order valence-corrected chi connectivity index (χ3v) is 15.2. The number of likely N-dealkylation sites (N-methyl/N-ethyl adjacent to an activating group) is 1. The van der Waals surface area contributed by atoms with Crippen molar-refractivity contribution in [3.05, 3.63) is 47.5 Å². The van der Waals surface area contributed by atoms with Crippen molar-refractivity contribution in [3.63, 3.8) is 0 Å². The smallest absolute Gasteiger partial charge is 0.409 e. The number of hydrogen-bond donors (Lipinski definition) is 7. The van der Waals surface area contributed by atoms with Crippen LogP contribution in [0.3, 0.4) is 0 Å². The molecule has 75 heavy (non-hydrogen) atoms. The van der Waals surface area contributed by atoms with Gasteiger partial charge in [0.25, 0.3) is 0 Å². The van der Waals surface area contributed by atoms with Crippen LogP contribution in [0.5, 0.6) is 0 Å². The first kappa shape index (κ1) is 62.4. The van der Waals surface area contributed by atoms with Crippen LogP contribution in [0.2, 0.25) is 0 Å². The molecule has 2 aliphatic heterocycles. The Bertz CT molecular complexity index is 2150. The van der Waals surface area contributed by atoms with Gasteiger partial charge < -0.3 is 60.9 Å². The van der Waals surface area contributed by atoms with Gasteiger partial charge in [0.05, 0.1) is 37.8 Å². The normalized spacial score (nSPS) is 24.6. The van der Waals surface area contributed by atoms with E-state index in [0.29, 0.717) is 25.9 Å². The van der Waals surface area contributed by atoms with E-state index in [1.165, 1.54) is 10.5 Å². The summed E-state index contributed by atoms with van der Waals surface area (Å²) in [5.74, 6) is -3.41. The molecule has 19 heteroatoms. The van der Waals surface area contributed by atoms with Crippen molar-refractivity contribution < 1.29 is 57.6 Å². The predicted molar refractivity (Wildman–Crippen MR) is 285 cm³/mol. The molecule has 0 bridgehead atoms. The number of carbonyl (C=O) groups excluding carboxylic acids is 7. The van der Waals surface area contributed by atoms with Crippen LogP contribution in [0.4, 0.5) is 4.79 Å². The van der Waals surface area contributed by atoms with Gasteiger partial charge in [0, 0.05) is 51.0 Å². The van der Waals surface area contributed by atoms with Crippen LogP contribution in [0.1, 0.15) is 127 Å². The Morgan fingerprint density at radius 3 is 2.09 bits per heavy atom. The molecular formula is C56H91N7O12. The van der Waals surface area contributed by atoms with Crippen LogP contribution in [0, 0.1) is 34.5 Å². The van der Waals surface area contributed by atoms with E-state index in [9.17, 15) is 38.7 Å². The van der Waals surface area contributed by atoms with E-state index in [4.69, 9.17) is 18.9 Å². The monoisotopic (exact) mass is 1050 g/mol. The fourth-order valence-electron chi connectivity index (χ4n) is 10.7. The van der Waals surface area contributed by atoms with Gasteiger partial charge in [-0.15, -0.1) is 0 Å². The molecule has 1 aromatic carbocycles. The van der Waals surface area contributed by atoms with Crippen molar-refractivity contribution in [3.8, 4) is 0 Å². The Hall–Kier alpha value is -5.11. The Labute approximate surface area is 445 Å². The van der Waals surface area contributed by atoms with Crippen LogP contribution in [0.15, 0.2) is 42.0 Å². The highest BCUT2D eigenvalue weighted by atomic mass is 16.6. The standard InChI is InChI=1S/C56H91N7O12/c1-34(2)20-21-43-55(12,75-43)47-46(72-14)42(22-23-56(47)33-73-56)74-52(71)63(13)25-24-57-44(65)30-58-48(67)40(26-35(3)4)62-49(68)41(27-39-18-16-15-17-19-39)61-45(66)31-60-51(70)54(11,37(7)8)32-53(10,28-36(5)6)50(69)59-29-38(9)64/h15-20,35-38,40-43,46-47,64H,21-33H2,1-14H3,(H,57,65)(H,58,67)(H,59,69)(H,60,70)(H,61,66)(H,62,68)/t38?,40-,41-,42?,43+,46?,47?,53?,54?,55+,56-/m0/s1. The maximum atomic E-state index is 14.1. The lowest BCUT2D eigenvalue weighted by Gasteiger charge is -2.43. The highest BCUT2D eigenvalue weighted by Gasteiger charge is 2.72. The fourth-order valence-corrected chi connectivity index (χ4v) is 10.7. The number of amides is 7. The number of aliphatic hydroxyl groups is 1. The third kappa shape index (κ3) is 17.7. The molecular weight excluding hydrogens is 963 g/mol. The number of aliphatic hydroxyl groups excluding tert-OH is 1. The second-order valence-electron chi connectivity index (χ2n) is 23.4. The van der Waals surface area contributed by atoms with Crippen LogP contribution in [-0.4, -0.2) is 153 Å². The van der Waals surface area contributed by atoms with Gasteiger partial charge in [0.15, 0.2) is 0 Å². The molecule has 3 fully saturated rings. The first-order valence-corrected chi connectivity index (χ1v) is 26.9. The van der Waals surface area contributed by atoms with Crippen molar-refractivity contribution in [1.29, 1.82) is 0 Å². The van der Waals surface area contributed by atoms with Crippen molar-refractivity contribution in [2.24, 2.45) is 34.5 Å². The molecule has 4 rings (SSSR count). The summed E-state index contributed by atoms with van der Waals surface area (Å²) in [5, 5.41) is 26.3. The summed E-state index contributed by atoms with van der Waals surface area (Å²) in [6.45, 7) is 22.9. The molecule has 1 saturated carbocycles. The minimum atomic E-state index is -1.15. The maximum absolute atomic E-state index is 14.1. The zero-order chi connectivity index (χ0) is 56.1. The second kappa shape index (κ2) is 27.3. The summed E-state index contributed by atoms with van der Waals surface area (Å²) in [6, 6.07) is 6.81. The molecule has 0 radical (unpaired) electrons. The van der Waals surface area contributed by atoms with E-state index >= 15 is 0 Å². The third-order valence-electron chi connectivity index (χ3n) is 15.2. The molecule has 1 aliphatic carbocycles.